The standard InChI is InChI=1S/C21H21N9OS/c1-29-6-8-30(9-7-29)18-10-13(4-5-23-18)19(31)26-17-11-16-14(12-24-17)2-3-15(25-16)20-27-28-21(22)32-20/h2-5,10-12H,6-9H2,1H3,(H2,22,28)(H,24,26,31). The van der Waals surface area contributed by atoms with Crippen molar-refractivity contribution < 1.29 is 4.79 Å². The molecule has 162 valence electrons. The SMILES string of the molecule is CN1CCN(c2cc(C(=O)Nc3cc4nc(-c5nnc(N)s5)ccc4cn3)ccn2)CC1. The molecule has 32 heavy (non-hydrogen) atoms. The first-order valence-electron chi connectivity index (χ1n) is 10.1. The van der Waals surface area contributed by atoms with Crippen molar-refractivity contribution in [1.29, 1.82) is 0 Å². The van der Waals surface area contributed by atoms with Crippen LogP contribution in [0.3, 0.4) is 0 Å². The number of amides is 1. The molecule has 5 heterocycles. The van der Waals surface area contributed by atoms with Gasteiger partial charge in [0.25, 0.3) is 5.91 Å². The van der Waals surface area contributed by atoms with Crippen LogP contribution in [0.1, 0.15) is 10.4 Å². The lowest BCUT2D eigenvalue weighted by molar-refractivity contribution is 0.102. The highest BCUT2D eigenvalue weighted by Gasteiger charge is 2.17. The molecule has 0 bridgehead atoms. The van der Waals surface area contributed by atoms with E-state index < -0.39 is 0 Å². The summed E-state index contributed by atoms with van der Waals surface area (Å²) in [5.74, 6) is 0.976. The number of carbonyl (C=O) groups excluding carboxylic acids is 1. The minimum absolute atomic E-state index is 0.248. The Kier molecular flexibility index (Phi) is 5.33. The Hall–Kier alpha value is -3.70. The zero-order chi connectivity index (χ0) is 22.1. The first kappa shape index (κ1) is 20.2. The second kappa shape index (κ2) is 8.44. The van der Waals surface area contributed by atoms with Crippen molar-refractivity contribution in [1.82, 2.24) is 30.0 Å². The predicted octanol–water partition coefficient (Wildman–Crippen LogP) is 2.13. The number of pyridine rings is 3. The van der Waals surface area contributed by atoms with Crippen molar-refractivity contribution in [2.24, 2.45) is 0 Å². The molecule has 0 unspecified atom stereocenters. The number of rotatable bonds is 4. The molecular formula is C21H21N9OS. The van der Waals surface area contributed by atoms with Crippen LogP contribution in [0.4, 0.5) is 16.8 Å². The van der Waals surface area contributed by atoms with E-state index in [9.17, 15) is 4.79 Å². The second-order valence-electron chi connectivity index (χ2n) is 7.55. The summed E-state index contributed by atoms with van der Waals surface area (Å²) in [7, 11) is 2.10. The number of nitrogens with two attached hydrogens (primary N) is 1. The molecule has 1 fully saturated rings. The largest absolute Gasteiger partial charge is 0.374 e. The maximum atomic E-state index is 12.9. The van der Waals surface area contributed by atoms with Gasteiger partial charge in [0.1, 0.15) is 17.3 Å². The Morgan fingerprint density at radius 3 is 2.72 bits per heavy atom. The van der Waals surface area contributed by atoms with Crippen molar-refractivity contribution in [2.75, 3.05) is 49.2 Å². The Bertz CT molecular complexity index is 1280. The Morgan fingerprint density at radius 1 is 1.09 bits per heavy atom. The van der Waals surface area contributed by atoms with Crippen LogP contribution in [0.2, 0.25) is 0 Å². The summed E-state index contributed by atoms with van der Waals surface area (Å²) in [6, 6.07) is 9.01. The van der Waals surface area contributed by atoms with Crippen molar-refractivity contribution in [3.8, 4) is 10.7 Å². The van der Waals surface area contributed by atoms with E-state index in [0.29, 0.717) is 32.7 Å². The molecule has 5 rings (SSSR count). The molecule has 0 aromatic carbocycles. The highest BCUT2D eigenvalue weighted by Crippen LogP contribution is 2.25. The van der Waals surface area contributed by atoms with E-state index in [0.717, 1.165) is 37.4 Å². The highest BCUT2D eigenvalue weighted by molar-refractivity contribution is 7.18. The van der Waals surface area contributed by atoms with E-state index in [4.69, 9.17) is 5.73 Å². The first-order chi connectivity index (χ1) is 15.5. The van der Waals surface area contributed by atoms with Crippen molar-refractivity contribution in [3.05, 3.63) is 48.3 Å². The zero-order valence-corrected chi connectivity index (χ0v) is 18.2. The molecular weight excluding hydrogens is 426 g/mol. The molecule has 3 N–H and O–H groups in total. The molecule has 1 aliphatic rings. The maximum Gasteiger partial charge on any atom is 0.257 e. The Labute approximate surface area is 188 Å². The van der Waals surface area contributed by atoms with E-state index in [-0.39, 0.29) is 5.91 Å². The normalized spacial score (nSPS) is 14.6. The zero-order valence-electron chi connectivity index (χ0n) is 17.4. The number of likely N-dealkylation sites (N-methyl/N-ethyl adjacent to an activating group) is 1. The highest BCUT2D eigenvalue weighted by atomic mass is 32.1. The second-order valence-corrected chi connectivity index (χ2v) is 8.56. The number of hydrogen-bond acceptors (Lipinski definition) is 10. The topological polar surface area (TPSA) is 126 Å². The minimum atomic E-state index is -0.248. The van der Waals surface area contributed by atoms with Crippen LogP contribution >= 0.6 is 11.3 Å². The lowest BCUT2D eigenvalue weighted by Crippen LogP contribution is -2.44. The first-order valence-corrected chi connectivity index (χ1v) is 10.9. The molecule has 1 amide bonds. The van der Waals surface area contributed by atoms with E-state index in [1.807, 2.05) is 18.2 Å². The Morgan fingerprint density at radius 2 is 1.94 bits per heavy atom. The molecule has 4 aromatic heterocycles. The Balaban J connectivity index is 1.36. The summed E-state index contributed by atoms with van der Waals surface area (Å²) < 4.78 is 0. The van der Waals surface area contributed by atoms with E-state index in [1.165, 1.54) is 11.3 Å². The van der Waals surface area contributed by atoms with Gasteiger partial charge in [0, 0.05) is 55.6 Å². The monoisotopic (exact) mass is 447 g/mol. The maximum absolute atomic E-state index is 12.9. The number of aromatic nitrogens is 5. The summed E-state index contributed by atoms with van der Waals surface area (Å²) in [6.45, 7) is 3.71. The van der Waals surface area contributed by atoms with Crippen LogP contribution in [0.5, 0.6) is 0 Å². The van der Waals surface area contributed by atoms with Gasteiger partial charge in [-0.2, -0.15) is 0 Å². The third kappa shape index (κ3) is 4.20. The number of fused-ring (bicyclic) bond motifs is 1. The molecule has 10 nitrogen and oxygen atoms in total. The fraction of sp³-hybridized carbons (Fsp3) is 0.238. The summed E-state index contributed by atoms with van der Waals surface area (Å²) in [6.07, 6.45) is 3.34. The van der Waals surface area contributed by atoms with Gasteiger partial charge in [0.15, 0.2) is 5.01 Å². The van der Waals surface area contributed by atoms with E-state index in [2.05, 4.69) is 47.3 Å². The van der Waals surface area contributed by atoms with Gasteiger partial charge in [-0.15, -0.1) is 10.2 Å². The molecule has 4 aromatic rings. The summed E-state index contributed by atoms with van der Waals surface area (Å²) in [5.41, 5.74) is 7.56. The number of nitrogen functional groups attached to an aromatic ring is 1. The third-order valence-corrected chi connectivity index (χ3v) is 6.08. The smallest absolute Gasteiger partial charge is 0.257 e. The van der Waals surface area contributed by atoms with Gasteiger partial charge >= 0.3 is 0 Å². The molecule has 1 saturated heterocycles. The fourth-order valence-electron chi connectivity index (χ4n) is 3.50. The van der Waals surface area contributed by atoms with Gasteiger partial charge in [0.05, 0.1) is 5.52 Å². The average Bonchev–Trinajstić information content (AvgIpc) is 3.25. The molecule has 0 spiro atoms. The molecule has 11 heteroatoms. The van der Waals surface area contributed by atoms with Gasteiger partial charge < -0.3 is 20.9 Å². The number of carbonyl (C=O) groups is 1. The molecule has 0 aliphatic carbocycles. The van der Waals surface area contributed by atoms with Crippen molar-refractivity contribution in [2.45, 2.75) is 0 Å². The lowest BCUT2D eigenvalue weighted by Gasteiger charge is -2.33. The number of nitrogens with one attached hydrogen (secondary N) is 1. The fourth-order valence-corrected chi connectivity index (χ4v) is 4.08. The minimum Gasteiger partial charge on any atom is -0.374 e. The summed E-state index contributed by atoms with van der Waals surface area (Å²) in [4.78, 5) is 30.8. The van der Waals surface area contributed by atoms with Crippen LogP contribution in [-0.2, 0) is 0 Å². The van der Waals surface area contributed by atoms with Gasteiger partial charge in [-0.3, -0.25) is 4.79 Å². The summed E-state index contributed by atoms with van der Waals surface area (Å²) in [5, 5.41) is 12.6. The van der Waals surface area contributed by atoms with Gasteiger partial charge in [0.2, 0.25) is 5.13 Å². The molecule has 0 saturated carbocycles. The molecule has 0 radical (unpaired) electrons. The van der Waals surface area contributed by atoms with Gasteiger partial charge in [-0.25, -0.2) is 15.0 Å². The number of nitrogens with zero attached hydrogens (tertiary/aromatic N) is 7. The number of anilines is 3. The molecule has 0 atom stereocenters. The third-order valence-electron chi connectivity index (χ3n) is 5.31. The summed E-state index contributed by atoms with van der Waals surface area (Å²) >= 11 is 1.27. The van der Waals surface area contributed by atoms with Crippen LogP contribution < -0.4 is 16.0 Å². The van der Waals surface area contributed by atoms with Crippen LogP contribution in [0, 0.1) is 0 Å². The van der Waals surface area contributed by atoms with E-state index in [1.54, 1.807) is 24.5 Å². The number of hydrogen-bond donors (Lipinski definition) is 2. The lowest BCUT2D eigenvalue weighted by atomic mass is 10.2. The van der Waals surface area contributed by atoms with Crippen LogP contribution in [-0.4, -0.2) is 69.2 Å². The van der Waals surface area contributed by atoms with E-state index >= 15 is 0 Å². The van der Waals surface area contributed by atoms with Crippen molar-refractivity contribution >= 4 is 44.9 Å². The van der Waals surface area contributed by atoms with Crippen LogP contribution in [0.25, 0.3) is 21.6 Å². The molecule has 1 aliphatic heterocycles. The van der Waals surface area contributed by atoms with Gasteiger partial charge in [-0.05, 0) is 31.3 Å². The average molecular weight is 448 g/mol. The quantitative estimate of drug-likeness (QED) is 0.484. The van der Waals surface area contributed by atoms with Crippen LogP contribution in [0.15, 0.2) is 42.7 Å². The van der Waals surface area contributed by atoms with Crippen molar-refractivity contribution in [3.63, 3.8) is 0 Å². The predicted molar refractivity (Wildman–Crippen MR) is 125 cm³/mol. The number of piperazine rings is 1. The van der Waals surface area contributed by atoms with Gasteiger partial charge in [-0.1, -0.05) is 11.3 Å².